The summed E-state index contributed by atoms with van der Waals surface area (Å²) in [6.07, 6.45) is 3.77. The van der Waals surface area contributed by atoms with Gasteiger partial charge in [-0.05, 0) is 34.4 Å². The number of carbonyl (C=O) groups is 1. The molecule has 5 rings (SSSR count). The number of benzene rings is 3. The summed E-state index contributed by atoms with van der Waals surface area (Å²) in [5.41, 5.74) is 3.82. The zero-order valence-corrected chi connectivity index (χ0v) is 17.0. The van der Waals surface area contributed by atoms with E-state index in [4.69, 9.17) is 0 Å². The minimum atomic E-state index is -3.78. The van der Waals surface area contributed by atoms with Gasteiger partial charge < -0.3 is 0 Å². The molecule has 0 radical (unpaired) electrons. The lowest BCUT2D eigenvalue weighted by atomic mass is 9.88. The van der Waals surface area contributed by atoms with Gasteiger partial charge in [0.1, 0.15) is 5.25 Å². The predicted molar refractivity (Wildman–Crippen MR) is 117 cm³/mol. The van der Waals surface area contributed by atoms with Crippen molar-refractivity contribution in [3.05, 3.63) is 120 Å². The molecular formula is C26H20O3S. The third kappa shape index (κ3) is 2.87. The highest BCUT2D eigenvalue weighted by atomic mass is 32.2. The Hall–Kier alpha value is -3.24. The number of fused-ring (bicyclic) bond motifs is 2. The standard InChI is InChI=1S/C26H20O3S/c27-25-21-16-17-22(26(25)30(28,29)20-14-8-3-9-15-20)24(21)23(18-10-4-1-5-11-18)19-12-6-2-7-13-19/h1-17,21-22,26H/t21-,22+,26-/m1/s1. The van der Waals surface area contributed by atoms with Crippen molar-refractivity contribution in [1.82, 2.24) is 0 Å². The molecule has 148 valence electrons. The molecule has 0 aliphatic heterocycles. The van der Waals surface area contributed by atoms with Gasteiger partial charge in [0.05, 0.1) is 10.8 Å². The lowest BCUT2D eigenvalue weighted by molar-refractivity contribution is -0.119. The van der Waals surface area contributed by atoms with Crippen molar-refractivity contribution >= 4 is 21.2 Å². The van der Waals surface area contributed by atoms with Crippen LogP contribution in [0.4, 0.5) is 0 Å². The Morgan fingerprint density at radius 1 is 0.667 bits per heavy atom. The smallest absolute Gasteiger partial charge is 0.189 e. The highest BCUT2D eigenvalue weighted by Crippen LogP contribution is 2.50. The zero-order valence-electron chi connectivity index (χ0n) is 16.2. The third-order valence-corrected chi connectivity index (χ3v) is 8.06. The van der Waals surface area contributed by atoms with Crippen molar-refractivity contribution in [1.29, 1.82) is 0 Å². The summed E-state index contributed by atoms with van der Waals surface area (Å²) in [6.45, 7) is 0. The zero-order chi connectivity index (χ0) is 20.7. The molecule has 2 aliphatic rings. The summed E-state index contributed by atoms with van der Waals surface area (Å²) >= 11 is 0. The first-order chi connectivity index (χ1) is 14.6. The summed E-state index contributed by atoms with van der Waals surface area (Å²) in [6, 6.07) is 28.1. The topological polar surface area (TPSA) is 51.2 Å². The molecule has 3 atom stereocenters. The number of carbonyl (C=O) groups excluding carboxylic acids is 1. The highest BCUT2D eigenvalue weighted by Gasteiger charge is 2.54. The van der Waals surface area contributed by atoms with E-state index < -0.39 is 26.9 Å². The van der Waals surface area contributed by atoms with E-state index in [0.717, 1.165) is 22.3 Å². The van der Waals surface area contributed by atoms with Crippen LogP contribution < -0.4 is 0 Å². The molecule has 0 saturated heterocycles. The van der Waals surface area contributed by atoms with Crippen LogP contribution in [0.5, 0.6) is 0 Å². The molecule has 3 aromatic carbocycles. The van der Waals surface area contributed by atoms with Crippen LogP contribution in [0.1, 0.15) is 11.1 Å². The summed E-state index contributed by atoms with van der Waals surface area (Å²) in [4.78, 5) is 13.5. The Morgan fingerprint density at radius 3 is 1.70 bits per heavy atom. The van der Waals surface area contributed by atoms with E-state index >= 15 is 0 Å². The van der Waals surface area contributed by atoms with Crippen LogP contribution in [0.15, 0.2) is 114 Å². The molecule has 0 heterocycles. The van der Waals surface area contributed by atoms with E-state index in [2.05, 4.69) is 0 Å². The van der Waals surface area contributed by atoms with Crippen LogP contribution in [0, 0.1) is 11.8 Å². The highest BCUT2D eigenvalue weighted by molar-refractivity contribution is 7.93. The molecule has 2 bridgehead atoms. The van der Waals surface area contributed by atoms with Crippen molar-refractivity contribution in [3.63, 3.8) is 0 Å². The SMILES string of the molecule is O=C1[C@@H]2C=C[C@@H](C2=C(c2ccccc2)c2ccccc2)[C@H]1S(=O)(=O)c1ccccc1. The molecule has 0 spiro atoms. The average molecular weight is 413 g/mol. The van der Waals surface area contributed by atoms with Crippen molar-refractivity contribution in [2.24, 2.45) is 11.8 Å². The van der Waals surface area contributed by atoms with E-state index in [9.17, 15) is 13.2 Å². The normalized spacial score (nSPS) is 22.5. The van der Waals surface area contributed by atoms with E-state index in [1.54, 1.807) is 30.3 Å². The summed E-state index contributed by atoms with van der Waals surface area (Å²) in [7, 11) is -3.78. The van der Waals surface area contributed by atoms with Gasteiger partial charge in [-0.15, -0.1) is 0 Å². The first kappa shape index (κ1) is 18.8. The monoisotopic (exact) mass is 412 g/mol. The van der Waals surface area contributed by atoms with Gasteiger partial charge in [0.25, 0.3) is 0 Å². The van der Waals surface area contributed by atoms with Gasteiger partial charge in [-0.2, -0.15) is 0 Å². The fourth-order valence-corrected chi connectivity index (χ4v) is 6.55. The van der Waals surface area contributed by atoms with Crippen LogP contribution in [0.2, 0.25) is 0 Å². The largest absolute Gasteiger partial charge is 0.297 e. The molecule has 0 N–H and O–H groups in total. The van der Waals surface area contributed by atoms with E-state index in [-0.39, 0.29) is 10.7 Å². The lowest BCUT2D eigenvalue weighted by Gasteiger charge is -2.19. The molecule has 0 aromatic heterocycles. The van der Waals surface area contributed by atoms with Crippen LogP contribution in [0.25, 0.3) is 5.57 Å². The summed E-state index contributed by atoms with van der Waals surface area (Å²) in [5.74, 6) is -1.19. The number of rotatable bonds is 4. The van der Waals surface area contributed by atoms with Crippen molar-refractivity contribution in [2.75, 3.05) is 0 Å². The van der Waals surface area contributed by atoms with Crippen molar-refractivity contribution in [2.45, 2.75) is 10.1 Å². The summed E-state index contributed by atoms with van der Waals surface area (Å²) in [5, 5.41) is -1.08. The van der Waals surface area contributed by atoms with Crippen LogP contribution in [-0.4, -0.2) is 19.5 Å². The second kappa shape index (κ2) is 7.22. The fraction of sp³-hybridized carbons (Fsp3) is 0.115. The third-order valence-electron chi connectivity index (χ3n) is 5.94. The molecular weight excluding hydrogens is 392 g/mol. The van der Waals surface area contributed by atoms with E-state index in [1.165, 1.54) is 0 Å². The van der Waals surface area contributed by atoms with Gasteiger partial charge in [0.2, 0.25) is 0 Å². The van der Waals surface area contributed by atoms with Crippen LogP contribution >= 0.6 is 0 Å². The minimum Gasteiger partial charge on any atom is -0.297 e. The number of hydrogen-bond acceptors (Lipinski definition) is 3. The van der Waals surface area contributed by atoms with Gasteiger partial charge in [0.15, 0.2) is 15.6 Å². The summed E-state index contributed by atoms with van der Waals surface area (Å²) < 4.78 is 26.8. The maximum absolute atomic E-state index is 13.4. The number of hydrogen-bond donors (Lipinski definition) is 0. The second-order valence-electron chi connectivity index (χ2n) is 7.63. The molecule has 0 unspecified atom stereocenters. The maximum Gasteiger partial charge on any atom is 0.189 e. The lowest BCUT2D eigenvalue weighted by Crippen LogP contribution is -2.33. The average Bonchev–Trinajstić information content (AvgIpc) is 3.31. The Balaban J connectivity index is 1.72. The number of sulfone groups is 1. The van der Waals surface area contributed by atoms with E-state index in [1.807, 2.05) is 72.8 Å². The number of Topliss-reactive ketones (excluding diaryl/α,β-unsaturated/α-hetero) is 1. The fourth-order valence-electron chi connectivity index (χ4n) is 4.65. The predicted octanol–water partition coefficient (Wildman–Crippen LogP) is 4.72. The quantitative estimate of drug-likeness (QED) is 0.583. The van der Waals surface area contributed by atoms with Crippen molar-refractivity contribution < 1.29 is 13.2 Å². The first-order valence-electron chi connectivity index (χ1n) is 9.95. The molecule has 1 saturated carbocycles. The van der Waals surface area contributed by atoms with Crippen molar-refractivity contribution in [3.8, 4) is 0 Å². The first-order valence-corrected chi connectivity index (χ1v) is 11.5. The number of ketones is 1. The molecule has 1 fully saturated rings. The Labute approximate surface area is 176 Å². The molecule has 4 heteroatoms. The molecule has 0 amide bonds. The van der Waals surface area contributed by atoms with Gasteiger partial charge in [-0.25, -0.2) is 8.42 Å². The Bertz CT molecular complexity index is 1220. The van der Waals surface area contributed by atoms with Crippen LogP contribution in [0.3, 0.4) is 0 Å². The second-order valence-corrected chi connectivity index (χ2v) is 9.70. The molecule has 2 aliphatic carbocycles. The van der Waals surface area contributed by atoms with E-state index in [0.29, 0.717) is 0 Å². The molecule has 30 heavy (non-hydrogen) atoms. The van der Waals surface area contributed by atoms with Gasteiger partial charge in [0, 0.05) is 5.92 Å². The molecule has 3 aromatic rings. The number of allylic oxidation sites excluding steroid dienone is 3. The Morgan fingerprint density at radius 2 is 1.17 bits per heavy atom. The minimum absolute atomic E-state index is 0.199. The van der Waals surface area contributed by atoms with Gasteiger partial charge >= 0.3 is 0 Å². The Kier molecular flexibility index (Phi) is 4.52. The van der Waals surface area contributed by atoms with Gasteiger partial charge in [-0.3, -0.25) is 4.79 Å². The van der Waals surface area contributed by atoms with Gasteiger partial charge in [-0.1, -0.05) is 91.0 Å². The van der Waals surface area contributed by atoms with Crippen LogP contribution in [-0.2, 0) is 14.6 Å². The maximum atomic E-state index is 13.4. The molecule has 3 nitrogen and oxygen atoms in total.